The third kappa shape index (κ3) is 5.14. The van der Waals surface area contributed by atoms with Crippen LogP contribution in [0.2, 0.25) is 0 Å². The Morgan fingerprint density at radius 3 is 2.04 bits per heavy atom. The van der Waals surface area contributed by atoms with Crippen molar-refractivity contribution in [2.45, 2.75) is 26.2 Å². The maximum Gasteiger partial charge on any atom is 0.316 e. The summed E-state index contributed by atoms with van der Waals surface area (Å²) in [5.41, 5.74) is 8.13. The smallest absolute Gasteiger partial charge is 0.316 e. The fourth-order valence-corrected chi connectivity index (χ4v) is 2.19. The lowest BCUT2D eigenvalue weighted by molar-refractivity contribution is 0.102. The van der Waals surface area contributed by atoms with E-state index < -0.39 is 6.03 Å². The number of anilines is 2. The minimum Gasteiger partial charge on any atom is -0.351 e. The van der Waals surface area contributed by atoms with Gasteiger partial charge in [0, 0.05) is 16.9 Å². The summed E-state index contributed by atoms with van der Waals surface area (Å²) in [6.45, 7) is 2.17. The molecule has 5 heteroatoms. The second kappa shape index (κ2) is 7.98. The van der Waals surface area contributed by atoms with Crippen molar-refractivity contribution >= 4 is 23.3 Å². The lowest BCUT2D eigenvalue weighted by Crippen LogP contribution is -2.19. The molecule has 2 aromatic carbocycles. The first-order valence-corrected chi connectivity index (χ1v) is 7.65. The van der Waals surface area contributed by atoms with Gasteiger partial charge >= 0.3 is 6.03 Å². The van der Waals surface area contributed by atoms with Crippen LogP contribution in [0.5, 0.6) is 0 Å². The van der Waals surface area contributed by atoms with Crippen LogP contribution < -0.4 is 16.4 Å². The van der Waals surface area contributed by atoms with E-state index in [0.29, 0.717) is 11.3 Å². The highest BCUT2D eigenvalue weighted by Gasteiger charge is 2.06. The van der Waals surface area contributed by atoms with Crippen molar-refractivity contribution < 1.29 is 9.59 Å². The number of carbonyl (C=O) groups is 2. The number of carbonyl (C=O) groups excluding carboxylic acids is 2. The molecule has 2 aromatic rings. The Labute approximate surface area is 135 Å². The SMILES string of the molecule is CCCCc1ccc(NC(=O)c2ccc(NC(N)=O)cc2)cc1. The molecule has 0 radical (unpaired) electrons. The predicted molar refractivity (Wildman–Crippen MR) is 92.7 cm³/mol. The predicted octanol–water partition coefficient (Wildman–Crippen LogP) is 3.77. The van der Waals surface area contributed by atoms with E-state index in [-0.39, 0.29) is 5.91 Å². The van der Waals surface area contributed by atoms with Crippen LogP contribution in [0.3, 0.4) is 0 Å². The normalized spacial score (nSPS) is 10.1. The van der Waals surface area contributed by atoms with Gasteiger partial charge in [0.2, 0.25) is 0 Å². The van der Waals surface area contributed by atoms with Crippen LogP contribution in [0.1, 0.15) is 35.7 Å². The molecule has 3 amide bonds. The summed E-state index contributed by atoms with van der Waals surface area (Å²) in [6, 6.07) is 13.8. The van der Waals surface area contributed by atoms with E-state index in [2.05, 4.69) is 17.6 Å². The molecular weight excluding hydrogens is 290 g/mol. The number of primary amides is 1. The van der Waals surface area contributed by atoms with Gasteiger partial charge in [0.05, 0.1) is 0 Å². The van der Waals surface area contributed by atoms with Gasteiger partial charge in [-0.15, -0.1) is 0 Å². The van der Waals surface area contributed by atoms with E-state index in [0.717, 1.165) is 18.5 Å². The minimum absolute atomic E-state index is 0.197. The van der Waals surface area contributed by atoms with Gasteiger partial charge in [-0.25, -0.2) is 4.79 Å². The second-order valence-corrected chi connectivity index (χ2v) is 5.32. The summed E-state index contributed by atoms with van der Waals surface area (Å²) in [7, 11) is 0. The molecule has 120 valence electrons. The number of hydrogen-bond acceptors (Lipinski definition) is 2. The third-order valence-electron chi connectivity index (χ3n) is 3.45. The molecule has 0 bridgehead atoms. The summed E-state index contributed by atoms with van der Waals surface area (Å²) < 4.78 is 0. The topological polar surface area (TPSA) is 84.2 Å². The highest BCUT2D eigenvalue weighted by atomic mass is 16.2. The molecular formula is C18H21N3O2. The van der Waals surface area contributed by atoms with E-state index in [1.807, 2.05) is 24.3 Å². The van der Waals surface area contributed by atoms with Crippen LogP contribution in [0, 0.1) is 0 Å². The molecule has 0 aliphatic carbocycles. The zero-order valence-electron chi connectivity index (χ0n) is 13.1. The van der Waals surface area contributed by atoms with Crippen molar-refractivity contribution in [3.05, 3.63) is 59.7 Å². The van der Waals surface area contributed by atoms with Crippen LogP contribution in [0.15, 0.2) is 48.5 Å². The molecule has 0 spiro atoms. The number of amides is 3. The van der Waals surface area contributed by atoms with Crippen molar-refractivity contribution in [1.29, 1.82) is 0 Å². The van der Waals surface area contributed by atoms with E-state index >= 15 is 0 Å². The minimum atomic E-state index is -0.634. The summed E-state index contributed by atoms with van der Waals surface area (Å²) in [4.78, 5) is 22.9. The van der Waals surface area contributed by atoms with E-state index in [1.54, 1.807) is 24.3 Å². The summed E-state index contributed by atoms with van der Waals surface area (Å²) in [5.74, 6) is -0.197. The van der Waals surface area contributed by atoms with Gasteiger partial charge in [-0.2, -0.15) is 0 Å². The van der Waals surface area contributed by atoms with E-state index in [4.69, 9.17) is 5.73 Å². The molecule has 2 rings (SSSR count). The van der Waals surface area contributed by atoms with Gasteiger partial charge < -0.3 is 16.4 Å². The zero-order chi connectivity index (χ0) is 16.7. The number of rotatable bonds is 6. The van der Waals surface area contributed by atoms with Crippen molar-refractivity contribution in [1.82, 2.24) is 0 Å². The lowest BCUT2D eigenvalue weighted by Gasteiger charge is -2.07. The quantitative estimate of drug-likeness (QED) is 0.758. The Bertz CT molecular complexity index is 664. The Kier molecular flexibility index (Phi) is 5.74. The first-order chi connectivity index (χ1) is 11.1. The van der Waals surface area contributed by atoms with Gasteiger partial charge in [-0.1, -0.05) is 25.5 Å². The number of aryl methyl sites for hydroxylation is 1. The fraction of sp³-hybridized carbons (Fsp3) is 0.222. The number of benzene rings is 2. The first-order valence-electron chi connectivity index (χ1n) is 7.65. The third-order valence-corrected chi connectivity index (χ3v) is 3.45. The molecule has 0 aromatic heterocycles. The molecule has 0 fully saturated rings. The summed E-state index contributed by atoms with van der Waals surface area (Å²) in [5, 5.41) is 5.30. The maximum absolute atomic E-state index is 12.2. The fourth-order valence-electron chi connectivity index (χ4n) is 2.19. The highest BCUT2D eigenvalue weighted by molar-refractivity contribution is 6.04. The molecule has 0 aliphatic rings. The number of nitrogens with two attached hydrogens (primary N) is 1. The van der Waals surface area contributed by atoms with Crippen molar-refractivity contribution in [3.63, 3.8) is 0 Å². The molecule has 4 N–H and O–H groups in total. The van der Waals surface area contributed by atoms with Gasteiger partial charge in [0.1, 0.15) is 0 Å². The van der Waals surface area contributed by atoms with Gasteiger partial charge in [-0.05, 0) is 54.8 Å². The number of urea groups is 1. The van der Waals surface area contributed by atoms with Crippen LogP contribution in [0.25, 0.3) is 0 Å². The molecule has 0 atom stereocenters. The molecule has 0 saturated carbocycles. The Balaban J connectivity index is 1.96. The molecule has 0 saturated heterocycles. The van der Waals surface area contributed by atoms with Gasteiger partial charge in [0.15, 0.2) is 0 Å². The summed E-state index contributed by atoms with van der Waals surface area (Å²) >= 11 is 0. The maximum atomic E-state index is 12.2. The lowest BCUT2D eigenvalue weighted by atomic mass is 10.1. The van der Waals surface area contributed by atoms with Crippen molar-refractivity contribution in [2.75, 3.05) is 10.6 Å². The van der Waals surface area contributed by atoms with Crippen molar-refractivity contribution in [2.24, 2.45) is 5.73 Å². The van der Waals surface area contributed by atoms with E-state index in [9.17, 15) is 9.59 Å². The average molecular weight is 311 g/mol. The molecule has 0 heterocycles. The summed E-state index contributed by atoms with van der Waals surface area (Å²) in [6.07, 6.45) is 3.38. The molecule has 5 nitrogen and oxygen atoms in total. The monoisotopic (exact) mass is 311 g/mol. The largest absolute Gasteiger partial charge is 0.351 e. The zero-order valence-corrected chi connectivity index (χ0v) is 13.1. The van der Waals surface area contributed by atoms with Gasteiger partial charge in [-0.3, -0.25) is 4.79 Å². The molecule has 23 heavy (non-hydrogen) atoms. The van der Waals surface area contributed by atoms with Crippen LogP contribution in [0.4, 0.5) is 16.2 Å². The van der Waals surface area contributed by atoms with Crippen LogP contribution >= 0.6 is 0 Å². The molecule has 0 aliphatic heterocycles. The Morgan fingerprint density at radius 2 is 1.48 bits per heavy atom. The standard InChI is InChI=1S/C18H21N3O2/c1-2-3-4-13-5-9-15(10-6-13)20-17(22)14-7-11-16(12-8-14)21-18(19)23/h5-12H,2-4H2,1H3,(H,20,22)(H3,19,21,23). The van der Waals surface area contributed by atoms with E-state index in [1.165, 1.54) is 12.0 Å². The first kappa shape index (κ1) is 16.5. The Hall–Kier alpha value is -2.82. The average Bonchev–Trinajstić information content (AvgIpc) is 2.54. The highest BCUT2D eigenvalue weighted by Crippen LogP contribution is 2.14. The van der Waals surface area contributed by atoms with Crippen molar-refractivity contribution in [3.8, 4) is 0 Å². The Morgan fingerprint density at radius 1 is 0.913 bits per heavy atom. The molecule has 0 unspecified atom stereocenters. The second-order valence-electron chi connectivity index (χ2n) is 5.32. The van der Waals surface area contributed by atoms with Crippen LogP contribution in [-0.2, 0) is 6.42 Å². The van der Waals surface area contributed by atoms with Gasteiger partial charge in [0.25, 0.3) is 5.91 Å². The number of nitrogens with one attached hydrogen (secondary N) is 2. The number of hydrogen-bond donors (Lipinski definition) is 3. The number of unbranched alkanes of at least 4 members (excludes halogenated alkanes) is 1. The van der Waals surface area contributed by atoms with Crippen LogP contribution in [-0.4, -0.2) is 11.9 Å².